The van der Waals surface area contributed by atoms with E-state index in [1.807, 2.05) is 0 Å². The summed E-state index contributed by atoms with van der Waals surface area (Å²) in [7, 11) is -0.544. The lowest BCUT2D eigenvalue weighted by Gasteiger charge is -2.10. The molecule has 0 spiro atoms. The third-order valence-electron chi connectivity index (χ3n) is 4.80. The van der Waals surface area contributed by atoms with Crippen molar-refractivity contribution < 1.29 is 13.2 Å². The quantitative estimate of drug-likeness (QED) is 0.525. The van der Waals surface area contributed by atoms with Gasteiger partial charge >= 0.3 is 5.69 Å². The number of hydrogen-bond donors (Lipinski definition) is 2. The zero-order valence-corrected chi connectivity index (χ0v) is 19.1. The molecule has 0 fully saturated rings. The smallest absolute Gasteiger partial charge is 0.332 e. The summed E-state index contributed by atoms with van der Waals surface area (Å²) in [5.41, 5.74) is 0.783. The van der Waals surface area contributed by atoms with Crippen LogP contribution in [0.3, 0.4) is 0 Å². The van der Waals surface area contributed by atoms with E-state index in [-0.39, 0.29) is 34.9 Å². The van der Waals surface area contributed by atoms with Gasteiger partial charge < -0.3 is 5.32 Å². The summed E-state index contributed by atoms with van der Waals surface area (Å²) in [5, 5.41) is 2.92. The second-order valence-electron chi connectivity index (χ2n) is 7.83. The van der Waals surface area contributed by atoms with Gasteiger partial charge in [-0.3, -0.25) is 18.7 Å². The van der Waals surface area contributed by atoms with Gasteiger partial charge in [-0.05, 0) is 31.0 Å². The fourth-order valence-electron chi connectivity index (χ4n) is 3.25. The Balaban J connectivity index is 1.71. The minimum Gasteiger partial charge on any atom is -0.348 e. The molecule has 0 saturated heterocycles. The summed E-state index contributed by atoms with van der Waals surface area (Å²) in [4.78, 5) is 41.0. The van der Waals surface area contributed by atoms with Crippen molar-refractivity contribution in [3.05, 3.63) is 74.1 Å². The van der Waals surface area contributed by atoms with Crippen molar-refractivity contribution in [2.45, 2.75) is 32.2 Å². The summed E-state index contributed by atoms with van der Waals surface area (Å²) in [6.45, 7) is 3.72. The van der Waals surface area contributed by atoms with Gasteiger partial charge in [0, 0.05) is 32.9 Å². The number of benzene rings is 1. The predicted molar refractivity (Wildman–Crippen MR) is 121 cm³/mol. The van der Waals surface area contributed by atoms with Crippen LogP contribution in [0, 0.1) is 0 Å². The Morgan fingerprint density at radius 1 is 1.06 bits per heavy atom. The van der Waals surface area contributed by atoms with Gasteiger partial charge in [0.05, 0.1) is 16.7 Å². The molecule has 0 unspecified atom stereocenters. The lowest BCUT2D eigenvalue weighted by molar-refractivity contribution is 0.0950. The second-order valence-corrected chi connectivity index (χ2v) is 9.59. The number of carbonyl (C=O) groups excluding carboxylic acids is 1. The molecule has 10 nitrogen and oxygen atoms in total. The summed E-state index contributed by atoms with van der Waals surface area (Å²) in [6.07, 6.45) is 1.31. The molecular formula is C21H25N5O5S. The van der Waals surface area contributed by atoms with Crippen LogP contribution < -0.4 is 21.3 Å². The van der Waals surface area contributed by atoms with Gasteiger partial charge in [-0.15, -0.1) is 0 Å². The van der Waals surface area contributed by atoms with E-state index in [1.165, 1.54) is 30.9 Å². The van der Waals surface area contributed by atoms with Crippen molar-refractivity contribution in [2.75, 3.05) is 0 Å². The van der Waals surface area contributed by atoms with Crippen LogP contribution in [0.4, 0.5) is 0 Å². The summed E-state index contributed by atoms with van der Waals surface area (Å²) >= 11 is 0. The average molecular weight is 460 g/mol. The Morgan fingerprint density at radius 3 is 2.31 bits per heavy atom. The van der Waals surface area contributed by atoms with Gasteiger partial charge in [0.15, 0.2) is 0 Å². The molecule has 2 aromatic heterocycles. The van der Waals surface area contributed by atoms with E-state index < -0.39 is 27.2 Å². The van der Waals surface area contributed by atoms with Gasteiger partial charge in [-0.25, -0.2) is 22.9 Å². The number of carbonyl (C=O) groups is 1. The number of sulfonamides is 1. The largest absolute Gasteiger partial charge is 0.348 e. The molecule has 2 heterocycles. The fraction of sp³-hybridized carbons (Fsp3) is 0.333. The van der Waals surface area contributed by atoms with Crippen molar-refractivity contribution in [3.63, 3.8) is 0 Å². The highest BCUT2D eigenvalue weighted by Crippen LogP contribution is 2.10. The number of rotatable bonds is 7. The van der Waals surface area contributed by atoms with Crippen LogP contribution in [0.25, 0.3) is 11.0 Å². The number of amides is 1. The second kappa shape index (κ2) is 9.05. The molecule has 0 bridgehead atoms. The van der Waals surface area contributed by atoms with Crippen LogP contribution in [-0.4, -0.2) is 34.5 Å². The first-order chi connectivity index (χ1) is 15.0. The Labute approximate surface area is 185 Å². The van der Waals surface area contributed by atoms with Gasteiger partial charge in [-0.2, -0.15) is 0 Å². The fourth-order valence-corrected chi connectivity index (χ4v) is 4.68. The van der Waals surface area contributed by atoms with Crippen LogP contribution >= 0.6 is 0 Å². The van der Waals surface area contributed by atoms with E-state index in [2.05, 4.69) is 15.0 Å². The Hall–Kier alpha value is -3.31. The number of aromatic nitrogens is 3. The molecule has 170 valence electrons. The molecule has 0 radical (unpaired) electrons. The van der Waals surface area contributed by atoms with E-state index in [0.717, 1.165) is 10.1 Å². The lowest BCUT2D eigenvalue weighted by Crippen LogP contribution is -2.37. The van der Waals surface area contributed by atoms with Gasteiger partial charge in [-0.1, -0.05) is 24.3 Å². The van der Waals surface area contributed by atoms with Gasteiger partial charge in [0.25, 0.3) is 11.5 Å². The monoisotopic (exact) mass is 459 g/mol. The maximum Gasteiger partial charge on any atom is 0.332 e. The molecule has 3 rings (SSSR count). The van der Waals surface area contributed by atoms with E-state index in [9.17, 15) is 22.8 Å². The molecule has 11 heteroatoms. The van der Waals surface area contributed by atoms with Gasteiger partial charge in [0.1, 0.15) is 5.65 Å². The third kappa shape index (κ3) is 5.11. The number of pyridine rings is 1. The van der Waals surface area contributed by atoms with E-state index >= 15 is 0 Å². The molecule has 32 heavy (non-hydrogen) atoms. The lowest BCUT2D eigenvalue weighted by atomic mass is 10.1. The molecule has 0 aliphatic carbocycles. The van der Waals surface area contributed by atoms with Crippen LogP contribution in [0.15, 0.2) is 46.1 Å². The maximum absolute atomic E-state index is 12.6. The highest BCUT2D eigenvalue weighted by Gasteiger charge is 2.15. The molecule has 1 amide bonds. The predicted octanol–water partition coefficient (Wildman–Crippen LogP) is 0.390. The average Bonchev–Trinajstić information content (AvgIpc) is 2.73. The Bertz CT molecular complexity index is 1390. The third-order valence-corrected chi connectivity index (χ3v) is 6.35. The summed E-state index contributed by atoms with van der Waals surface area (Å²) in [6, 6.07) is 8.11. The first kappa shape index (κ1) is 23.4. The number of aryl methyl sites for hydroxylation is 1. The van der Waals surface area contributed by atoms with Crippen molar-refractivity contribution in [1.82, 2.24) is 24.2 Å². The first-order valence-corrected chi connectivity index (χ1v) is 11.6. The molecule has 1 aromatic carbocycles. The highest BCUT2D eigenvalue weighted by atomic mass is 32.2. The molecule has 3 aromatic rings. The number of hydrogen-bond acceptors (Lipinski definition) is 6. The minimum absolute atomic E-state index is 0.127. The molecular weight excluding hydrogens is 434 g/mol. The van der Waals surface area contributed by atoms with E-state index in [0.29, 0.717) is 5.56 Å². The van der Waals surface area contributed by atoms with Gasteiger partial charge in [0.2, 0.25) is 10.0 Å². The Morgan fingerprint density at radius 2 is 1.69 bits per heavy atom. The summed E-state index contributed by atoms with van der Waals surface area (Å²) in [5.74, 6) is -0.555. The van der Waals surface area contributed by atoms with Crippen LogP contribution in [0.5, 0.6) is 0 Å². The number of nitrogens with zero attached hydrogens (tertiary/aromatic N) is 3. The highest BCUT2D eigenvalue weighted by molar-refractivity contribution is 7.88. The zero-order chi connectivity index (χ0) is 23.6. The Kier molecular flexibility index (Phi) is 6.60. The minimum atomic E-state index is -3.41. The van der Waals surface area contributed by atoms with Crippen molar-refractivity contribution in [3.8, 4) is 0 Å². The number of nitrogens with one attached hydrogen (secondary N) is 2. The number of fused-ring (bicyclic) bond motifs is 1. The molecule has 0 atom stereocenters. The molecule has 0 aliphatic rings. The van der Waals surface area contributed by atoms with Crippen LogP contribution in [0.1, 0.15) is 35.3 Å². The maximum atomic E-state index is 12.6. The van der Waals surface area contributed by atoms with Crippen molar-refractivity contribution in [2.24, 2.45) is 14.1 Å². The zero-order valence-electron chi connectivity index (χ0n) is 18.2. The molecule has 0 saturated carbocycles. The normalized spacial score (nSPS) is 11.8. The van der Waals surface area contributed by atoms with Crippen LogP contribution in [0.2, 0.25) is 0 Å². The standard InChI is InChI=1S/C21H25N5O5S/c1-13(2)24-32(30,31)12-15-7-5-14(6-8-15)10-23-19(27)16-9-17-18(22-11-16)25(3)21(29)26(4)20(17)28/h5-9,11,13,24H,10,12H2,1-4H3,(H,23,27). The van der Waals surface area contributed by atoms with Crippen LogP contribution in [-0.2, 0) is 36.4 Å². The SMILES string of the molecule is CC(C)NS(=O)(=O)Cc1ccc(CNC(=O)c2cnc3c(c2)c(=O)n(C)c(=O)n3C)cc1. The van der Waals surface area contributed by atoms with E-state index in [1.54, 1.807) is 38.1 Å². The topological polar surface area (TPSA) is 132 Å². The van der Waals surface area contributed by atoms with Crippen molar-refractivity contribution >= 4 is 27.0 Å². The van der Waals surface area contributed by atoms with Crippen molar-refractivity contribution in [1.29, 1.82) is 0 Å². The van der Waals surface area contributed by atoms with E-state index in [4.69, 9.17) is 0 Å². The molecule has 2 N–H and O–H groups in total. The molecule has 0 aliphatic heterocycles. The first-order valence-electron chi connectivity index (χ1n) is 9.90. The summed E-state index contributed by atoms with van der Waals surface area (Å²) < 4.78 is 28.8.